The molecule has 0 saturated carbocycles. The number of carbonyl (C=O) groups is 1. The van der Waals surface area contributed by atoms with Crippen LogP contribution in [0.4, 0.5) is 0 Å². The molecule has 1 fully saturated rings. The number of benzene rings is 1. The first-order valence-corrected chi connectivity index (χ1v) is 6.89. The van der Waals surface area contributed by atoms with E-state index in [0.717, 1.165) is 38.2 Å². The molecule has 4 heteroatoms. The van der Waals surface area contributed by atoms with Crippen LogP contribution in [-0.4, -0.2) is 44.1 Å². The van der Waals surface area contributed by atoms with Gasteiger partial charge in [-0.25, -0.2) is 0 Å². The molecule has 19 heavy (non-hydrogen) atoms. The lowest BCUT2D eigenvalue weighted by Crippen LogP contribution is -2.48. The van der Waals surface area contributed by atoms with Crippen molar-refractivity contribution in [3.63, 3.8) is 0 Å². The van der Waals surface area contributed by atoms with E-state index in [4.69, 9.17) is 4.74 Å². The normalized spacial score (nSPS) is 15.7. The highest BCUT2D eigenvalue weighted by Crippen LogP contribution is 2.21. The van der Waals surface area contributed by atoms with Crippen LogP contribution in [-0.2, 0) is 17.6 Å². The monoisotopic (exact) mass is 262 g/mol. The fourth-order valence-corrected chi connectivity index (χ4v) is 2.38. The van der Waals surface area contributed by atoms with Gasteiger partial charge in [-0.2, -0.15) is 0 Å². The molecule has 0 aromatic heterocycles. The maximum atomic E-state index is 11.7. The van der Waals surface area contributed by atoms with Crippen LogP contribution in [0.25, 0.3) is 0 Å². The van der Waals surface area contributed by atoms with Gasteiger partial charge >= 0.3 is 0 Å². The van der Waals surface area contributed by atoms with Crippen LogP contribution in [0.5, 0.6) is 5.75 Å². The summed E-state index contributed by atoms with van der Waals surface area (Å²) < 4.78 is 5.40. The van der Waals surface area contributed by atoms with E-state index in [0.29, 0.717) is 6.54 Å². The topological polar surface area (TPSA) is 41.6 Å². The van der Waals surface area contributed by atoms with Crippen LogP contribution in [0.15, 0.2) is 18.2 Å². The Bertz CT molecular complexity index is 446. The van der Waals surface area contributed by atoms with Gasteiger partial charge in [0.05, 0.1) is 13.7 Å². The Morgan fingerprint density at radius 1 is 1.42 bits per heavy atom. The third-order valence-electron chi connectivity index (χ3n) is 3.59. The lowest BCUT2D eigenvalue weighted by Gasteiger charge is -2.27. The fraction of sp³-hybridized carbons (Fsp3) is 0.533. The summed E-state index contributed by atoms with van der Waals surface area (Å²) in [5.74, 6) is 1.11. The molecular formula is C15H22N2O2. The zero-order valence-corrected chi connectivity index (χ0v) is 11.7. The molecule has 0 atom stereocenters. The Hall–Kier alpha value is -1.55. The van der Waals surface area contributed by atoms with Crippen molar-refractivity contribution in [1.82, 2.24) is 10.2 Å². The molecule has 1 aliphatic rings. The van der Waals surface area contributed by atoms with Crippen LogP contribution < -0.4 is 10.1 Å². The van der Waals surface area contributed by atoms with Crippen molar-refractivity contribution in [2.75, 3.05) is 33.3 Å². The minimum atomic E-state index is 0.192. The lowest BCUT2D eigenvalue weighted by atomic mass is 10.0. The van der Waals surface area contributed by atoms with Crippen LogP contribution >= 0.6 is 0 Å². The largest absolute Gasteiger partial charge is 0.496 e. The Morgan fingerprint density at radius 2 is 2.26 bits per heavy atom. The molecule has 1 saturated heterocycles. The van der Waals surface area contributed by atoms with Crippen LogP contribution in [0, 0.1) is 0 Å². The lowest BCUT2D eigenvalue weighted by molar-refractivity contribution is -0.131. The number of hydrogen-bond acceptors (Lipinski definition) is 3. The highest BCUT2D eigenvalue weighted by molar-refractivity contribution is 5.79. The third kappa shape index (κ3) is 3.47. The molecule has 1 amide bonds. The Balaban J connectivity index is 2.03. The van der Waals surface area contributed by atoms with Gasteiger partial charge in [-0.15, -0.1) is 0 Å². The standard InChI is InChI=1S/C15H22N2O2/c1-3-12-4-5-14(19-2)13(10-12)6-8-17-9-7-16-11-15(17)18/h4-5,10,16H,3,6-9,11H2,1-2H3. The van der Waals surface area contributed by atoms with Gasteiger partial charge < -0.3 is 15.0 Å². The zero-order chi connectivity index (χ0) is 13.7. The second-order valence-corrected chi connectivity index (χ2v) is 4.81. The van der Waals surface area contributed by atoms with E-state index >= 15 is 0 Å². The molecule has 0 radical (unpaired) electrons. The predicted octanol–water partition coefficient (Wildman–Crippen LogP) is 1.23. The van der Waals surface area contributed by atoms with Crippen molar-refractivity contribution < 1.29 is 9.53 Å². The van der Waals surface area contributed by atoms with Gasteiger partial charge in [0, 0.05) is 19.6 Å². The van der Waals surface area contributed by atoms with Gasteiger partial charge in [0.1, 0.15) is 5.75 Å². The van der Waals surface area contributed by atoms with Gasteiger partial charge in [0.15, 0.2) is 0 Å². The first-order valence-electron chi connectivity index (χ1n) is 6.89. The molecule has 2 rings (SSSR count). The van der Waals surface area contributed by atoms with Gasteiger partial charge in [-0.1, -0.05) is 19.1 Å². The SMILES string of the molecule is CCc1ccc(OC)c(CCN2CCNCC2=O)c1. The van der Waals surface area contributed by atoms with Crippen molar-refractivity contribution in [2.45, 2.75) is 19.8 Å². The summed E-state index contributed by atoms with van der Waals surface area (Å²) in [5.41, 5.74) is 2.50. The molecule has 104 valence electrons. The van der Waals surface area contributed by atoms with Gasteiger partial charge in [0.2, 0.25) is 5.91 Å². The summed E-state index contributed by atoms with van der Waals surface area (Å²) in [4.78, 5) is 13.7. The molecule has 1 heterocycles. The number of hydrogen-bond donors (Lipinski definition) is 1. The number of rotatable bonds is 5. The molecule has 1 N–H and O–H groups in total. The molecule has 0 unspecified atom stereocenters. The number of aryl methyl sites for hydroxylation is 1. The van der Waals surface area contributed by atoms with Crippen LogP contribution in [0.1, 0.15) is 18.1 Å². The zero-order valence-electron chi connectivity index (χ0n) is 11.7. The molecule has 1 aromatic rings. The minimum Gasteiger partial charge on any atom is -0.496 e. The first kappa shape index (κ1) is 13.9. The minimum absolute atomic E-state index is 0.192. The third-order valence-corrected chi connectivity index (χ3v) is 3.59. The summed E-state index contributed by atoms with van der Waals surface area (Å²) in [5, 5.41) is 3.09. The quantitative estimate of drug-likeness (QED) is 0.868. The van der Waals surface area contributed by atoms with Crippen molar-refractivity contribution in [1.29, 1.82) is 0 Å². The Labute approximate surface area is 114 Å². The fourth-order valence-electron chi connectivity index (χ4n) is 2.38. The van der Waals surface area contributed by atoms with E-state index in [1.54, 1.807) is 7.11 Å². The van der Waals surface area contributed by atoms with Crippen molar-refractivity contribution in [3.8, 4) is 5.75 Å². The Morgan fingerprint density at radius 3 is 2.95 bits per heavy atom. The van der Waals surface area contributed by atoms with E-state index in [2.05, 4.69) is 24.4 Å². The maximum absolute atomic E-state index is 11.7. The number of carbonyl (C=O) groups excluding carboxylic acids is 1. The molecule has 0 spiro atoms. The van der Waals surface area contributed by atoms with E-state index in [1.807, 2.05) is 11.0 Å². The van der Waals surface area contributed by atoms with E-state index in [-0.39, 0.29) is 5.91 Å². The van der Waals surface area contributed by atoms with Gasteiger partial charge in [-0.3, -0.25) is 4.79 Å². The average Bonchev–Trinajstić information content (AvgIpc) is 2.46. The number of methoxy groups -OCH3 is 1. The maximum Gasteiger partial charge on any atom is 0.236 e. The highest BCUT2D eigenvalue weighted by Gasteiger charge is 2.17. The second-order valence-electron chi connectivity index (χ2n) is 4.81. The van der Waals surface area contributed by atoms with Gasteiger partial charge in [-0.05, 0) is 30.0 Å². The molecule has 1 aliphatic heterocycles. The second kappa shape index (κ2) is 6.57. The van der Waals surface area contributed by atoms with Gasteiger partial charge in [0.25, 0.3) is 0 Å². The van der Waals surface area contributed by atoms with Crippen LogP contribution in [0.3, 0.4) is 0 Å². The summed E-state index contributed by atoms with van der Waals surface area (Å²) in [6.07, 6.45) is 1.87. The summed E-state index contributed by atoms with van der Waals surface area (Å²) >= 11 is 0. The number of nitrogens with one attached hydrogen (secondary N) is 1. The number of amides is 1. The number of ether oxygens (including phenoxy) is 1. The van der Waals surface area contributed by atoms with E-state index in [1.165, 1.54) is 11.1 Å². The molecular weight excluding hydrogens is 240 g/mol. The van der Waals surface area contributed by atoms with E-state index < -0.39 is 0 Å². The summed E-state index contributed by atoms with van der Waals surface area (Å²) in [7, 11) is 1.69. The average molecular weight is 262 g/mol. The predicted molar refractivity (Wildman–Crippen MR) is 75.5 cm³/mol. The highest BCUT2D eigenvalue weighted by atomic mass is 16.5. The first-order chi connectivity index (χ1) is 9.24. The molecule has 0 bridgehead atoms. The molecule has 1 aromatic carbocycles. The van der Waals surface area contributed by atoms with Crippen LogP contribution in [0.2, 0.25) is 0 Å². The van der Waals surface area contributed by atoms with E-state index in [9.17, 15) is 4.79 Å². The van der Waals surface area contributed by atoms with Crippen molar-refractivity contribution in [3.05, 3.63) is 29.3 Å². The summed E-state index contributed by atoms with van der Waals surface area (Å²) in [6, 6.07) is 6.30. The number of nitrogens with zero attached hydrogens (tertiary/aromatic N) is 1. The molecule has 0 aliphatic carbocycles. The number of piperazine rings is 1. The Kier molecular flexibility index (Phi) is 4.80. The molecule has 4 nitrogen and oxygen atoms in total. The smallest absolute Gasteiger partial charge is 0.236 e. The summed E-state index contributed by atoms with van der Waals surface area (Å²) in [6.45, 7) is 5.06. The van der Waals surface area contributed by atoms with Crippen molar-refractivity contribution >= 4 is 5.91 Å². The van der Waals surface area contributed by atoms with Crippen molar-refractivity contribution in [2.24, 2.45) is 0 Å².